The van der Waals surface area contributed by atoms with Crippen LogP contribution in [-0.4, -0.2) is 24.9 Å². The summed E-state index contributed by atoms with van der Waals surface area (Å²) in [6.45, 7) is 0. The Morgan fingerprint density at radius 1 is 0.889 bits per heavy atom. The fraction of sp³-hybridized carbons (Fsp3) is 0.136. The van der Waals surface area contributed by atoms with E-state index in [1.165, 1.54) is 23.1 Å². The van der Waals surface area contributed by atoms with Gasteiger partial charge in [-0.1, -0.05) is 36.4 Å². The fourth-order valence-electron chi connectivity index (χ4n) is 2.70. The second-order valence-corrected chi connectivity index (χ2v) is 6.45. The van der Waals surface area contributed by atoms with E-state index in [1.807, 2.05) is 24.3 Å². The molecule has 0 aliphatic rings. The van der Waals surface area contributed by atoms with Crippen LogP contribution in [0.1, 0.15) is 5.56 Å². The van der Waals surface area contributed by atoms with E-state index in [4.69, 9.17) is 0 Å². The van der Waals surface area contributed by atoms with Crippen LogP contribution >= 0.6 is 0 Å². The molecule has 3 nitrogen and oxygen atoms in total. The Morgan fingerprint density at radius 2 is 1.56 bits per heavy atom. The molecule has 138 valence electrons. The van der Waals surface area contributed by atoms with Crippen LogP contribution in [0.5, 0.6) is 0 Å². The van der Waals surface area contributed by atoms with E-state index in [0.717, 1.165) is 11.1 Å². The molecule has 3 aromatic carbocycles. The van der Waals surface area contributed by atoms with Gasteiger partial charge in [0, 0.05) is 19.8 Å². The smallest absolute Gasteiger partial charge is 0.226 e. The molecule has 0 saturated heterocycles. The van der Waals surface area contributed by atoms with Crippen LogP contribution in [0.3, 0.4) is 0 Å². The van der Waals surface area contributed by atoms with Crippen molar-refractivity contribution in [1.82, 2.24) is 4.90 Å². The third-order valence-electron chi connectivity index (χ3n) is 4.27. The number of nitrogens with zero attached hydrogens (tertiary/aromatic N) is 1. The second kappa shape index (κ2) is 7.99. The monoisotopic (exact) mass is 366 g/mol. The number of para-hydroxylation sites is 1. The van der Waals surface area contributed by atoms with Gasteiger partial charge >= 0.3 is 0 Å². The summed E-state index contributed by atoms with van der Waals surface area (Å²) >= 11 is 0. The van der Waals surface area contributed by atoms with Crippen LogP contribution in [0.4, 0.5) is 20.2 Å². The van der Waals surface area contributed by atoms with Gasteiger partial charge in [0.25, 0.3) is 0 Å². The minimum atomic E-state index is -0.425. The first-order chi connectivity index (χ1) is 12.9. The zero-order valence-corrected chi connectivity index (χ0v) is 15.2. The highest BCUT2D eigenvalue weighted by molar-refractivity contribution is 5.81. The number of carbonyl (C=O) groups is 1. The fourth-order valence-corrected chi connectivity index (χ4v) is 2.70. The molecule has 0 spiro atoms. The third-order valence-corrected chi connectivity index (χ3v) is 4.27. The van der Waals surface area contributed by atoms with Gasteiger partial charge in [0.1, 0.15) is 11.6 Å². The summed E-state index contributed by atoms with van der Waals surface area (Å²) in [6.07, 6.45) is 0.228. The Balaban J connectivity index is 1.84. The normalized spacial score (nSPS) is 10.5. The first-order valence-electron chi connectivity index (χ1n) is 8.54. The molecule has 3 aromatic rings. The number of hydrogen-bond donors (Lipinski definition) is 1. The van der Waals surface area contributed by atoms with Gasteiger partial charge in [0.05, 0.1) is 12.1 Å². The van der Waals surface area contributed by atoms with Gasteiger partial charge < -0.3 is 10.2 Å². The number of likely N-dealkylation sites (N-methyl/N-ethyl adjacent to an activating group) is 1. The predicted molar refractivity (Wildman–Crippen MR) is 104 cm³/mol. The molecule has 1 N–H and O–H groups in total. The van der Waals surface area contributed by atoms with E-state index in [-0.39, 0.29) is 18.1 Å². The van der Waals surface area contributed by atoms with Gasteiger partial charge in [-0.15, -0.1) is 0 Å². The number of halogens is 2. The van der Waals surface area contributed by atoms with Crippen molar-refractivity contribution in [3.63, 3.8) is 0 Å². The molecule has 0 aromatic heterocycles. The SMILES string of the molecule is CN(C)C(=O)Cc1ccccc1Nc1ccc(-c2ccc(F)cc2)cc1F. The highest BCUT2D eigenvalue weighted by Gasteiger charge is 2.11. The summed E-state index contributed by atoms with van der Waals surface area (Å²) in [5.74, 6) is -0.789. The third kappa shape index (κ3) is 4.50. The quantitative estimate of drug-likeness (QED) is 0.689. The Hall–Kier alpha value is -3.21. The number of anilines is 2. The molecule has 27 heavy (non-hydrogen) atoms. The number of rotatable bonds is 5. The molecular weight excluding hydrogens is 346 g/mol. The van der Waals surface area contributed by atoms with E-state index in [0.29, 0.717) is 16.9 Å². The van der Waals surface area contributed by atoms with Gasteiger partial charge in [-0.05, 0) is 47.0 Å². The lowest BCUT2D eigenvalue weighted by Gasteiger charge is -2.15. The lowest BCUT2D eigenvalue weighted by atomic mass is 10.0. The molecule has 0 aliphatic heterocycles. The van der Waals surface area contributed by atoms with Crippen molar-refractivity contribution < 1.29 is 13.6 Å². The molecule has 0 bridgehead atoms. The standard InChI is InChI=1S/C22H20F2N2O/c1-26(2)22(27)14-17-5-3-4-6-20(17)25-21-12-9-16(13-19(21)24)15-7-10-18(23)11-8-15/h3-13,25H,14H2,1-2H3. The second-order valence-electron chi connectivity index (χ2n) is 6.45. The van der Waals surface area contributed by atoms with Gasteiger partial charge in [0.15, 0.2) is 0 Å². The Bertz CT molecular complexity index is 953. The lowest BCUT2D eigenvalue weighted by molar-refractivity contribution is -0.127. The highest BCUT2D eigenvalue weighted by Crippen LogP contribution is 2.28. The molecule has 3 rings (SSSR count). The summed E-state index contributed by atoms with van der Waals surface area (Å²) in [7, 11) is 3.40. The van der Waals surface area contributed by atoms with Gasteiger partial charge in [0.2, 0.25) is 5.91 Å². The molecule has 5 heteroatoms. The van der Waals surface area contributed by atoms with E-state index in [9.17, 15) is 13.6 Å². The van der Waals surface area contributed by atoms with Crippen molar-refractivity contribution in [3.05, 3.63) is 83.9 Å². The average molecular weight is 366 g/mol. The summed E-state index contributed by atoms with van der Waals surface area (Å²) in [5.41, 5.74) is 3.18. The number of amides is 1. The van der Waals surface area contributed by atoms with Crippen molar-refractivity contribution in [2.45, 2.75) is 6.42 Å². The molecule has 0 unspecified atom stereocenters. The Kier molecular flexibility index (Phi) is 5.50. The minimum Gasteiger partial charge on any atom is -0.353 e. The summed E-state index contributed by atoms with van der Waals surface area (Å²) < 4.78 is 27.7. The first kappa shape index (κ1) is 18.6. The zero-order chi connectivity index (χ0) is 19.4. The first-order valence-corrected chi connectivity index (χ1v) is 8.54. The maximum absolute atomic E-state index is 14.6. The molecule has 0 saturated carbocycles. The maximum atomic E-state index is 14.6. The Labute approximate surface area is 157 Å². The summed E-state index contributed by atoms with van der Waals surface area (Å²) in [4.78, 5) is 13.5. The van der Waals surface area contributed by atoms with Crippen molar-refractivity contribution in [2.75, 3.05) is 19.4 Å². The number of nitrogens with one attached hydrogen (secondary N) is 1. The van der Waals surface area contributed by atoms with Crippen LogP contribution in [0.15, 0.2) is 66.7 Å². The molecule has 0 heterocycles. The van der Waals surface area contributed by atoms with Crippen LogP contribution < -0.4 is 5.32 Å². The summed E-state index contributed by atoms with van der Waals surface area (Å²) in [5, 5.41) is 3.07. The Morgan fingerprint density at radius 3 is 2.22 bits per heavy atom. The molecule has 1 amide bonds. The lowest BCUT2D eigenvalue weighted by Crippen LogP contribution is -2.23. The van der Waals surface area contributed by atoms with E-state index < -0.39 is 5.82 Å². The van der Waals surface area contributed by atoms with Crippen molar-refractivity contribution >= 4 is 17.3 Å². The van der Waals surface area contributed by atoms with Gasteiger partial charge in [-0.2, -0.15) is 0 Å². The van der Waals surface area contributed by atoms with Crippen LogP contribution in [0.2, 0.25) is 0 Å². The van der Waals surface area contributed by atoms with Crippen molar-refractivity contribution in [3.8, 4) is 11.1 Å². The minimum absolute atomic E-state index is 0.0311. The van der Waals surface area contributed by atoms with Gasteiger partial charge in [-0.3, -0.25) is 4.79 Å². The van der Waals surface area contributed by atoms with Crippen molar-refractivity contribution in [2.24, 2.45) is 0 Å². The zero-order valence-electron chi connectivity index (χ0n) is 15.2. The maximum Gasteiger partial charge on any atom is 0.226 e. The van der Waals surface area contributed by atoms with Crippen molar-refractivity contribution in [1.29, 1.82) is 0 Å². The highest BCUT2D eigenvalue weighted by atomic mass is 19.1. The molecule has 0 atom stereocenters. The van der Waals surface area contributed by atoms with Crippen LogP contribution in [0, 0.1) is 11.6 Å². The summed E-state index contributed by atoms with van der Waals surface area (Å²) in [6, 6.07) is 18.1. The van der Waals surface area contributed by atoms with Gasteiger partial charge in [-0.25, -0.2) is 8.78 Å². The predicted octanol–water partition coefficient (Wildman–Crippen LogP) is 5.01. The number of benzene rings is 3. The number of carbonyl (C=O) groups excluding carboxylic acids is 1. The number of hydrogen-bond acceptors (Lipinski definition) is 2. The average Bonchev–Trinajstić information content (AvgIpc) is 2.65. The topological polar surface area (TPSA) is 32.3 Å². The largest absolute Gasteiger partial charge is 0.353 e. The van der Waals surface area contributed by atoms with E-state index >= 15 is 0 Å². The molecule has 0 fully saturated rings. The van der Waals surface area contributed by atoms with Crippen LogP contribution in [0.25, 0.3) is 11.1 Å². The molecular formula is C22H20F2N2O. The van der Waals surface area contributed by atoms with Crippen LogP contribution in [-0.2, 0) is 11.2 Å². The van der Waals surface area contributed by atoms with E-state index in [1.54, 1.807) is 38.4 Å². The molecule has 0 aliphatic carbocycles. The molecule has 0 radical (unpaired) electrons. The van der Waals surface area contributed by atoms with E-state index in [2.05, 4.69) is 5.32 Å².